The highest BCUT2D eigenvalue weighted by Crippen LogP contribution is 2.47. The summed E-state index contributed by atoms with van der Waals surface area (Å²) in [6.45, 7) is 3.52. The first-order chi connectivity index (χ1) is 10.2. The highest BCUT2D eigenvalue weighted by molar-refractivity contribution is 5.78. The molecule has 22 heavy (non-hydrogen) atoms. The van der Waals surface area contributed by atoms with Gasteiger partial charge in [0.05, 0.1) is 0 Å². The Balaban J connectivity index is 1.90. The largest absolute Gasteiger partial charge is 0.412 e. The lowest BCUT2D eigenvalue weighted by atomic mass is 9.72. The minimum atomic E-state index is -4.48. The van der Waals surface area contributed by atoms with Crippen LogP contribution in [0.4, 0.5) is 13.2 Å². The lowest BCUT2D eigenvalue weighted by molar-refractivity contribution is -0.209. The van der Waals surface area contributed by atoms with Gasteiger partial charge in [-0.25, -0.2) is 0 Å². The molecule has 1 atom stereocenters. The number of carbonyl (C=O) groups excluding carboxylic acids is 1. The van der Waals surface area contributed by atoms with Crippen molar-refractivity contribution >= 4 is 5.91 Å². The van der Waals surface area contributed by atoms with Gasteiger partial charge in [-0.3, -0.25) is 4.79 Å². The zero-order valence-corrected chi connectivity index (χ0v) is 12.1. The average molecular weight is 312 g/mol. The number of benzene rings is 1. The van der Waals surface area contributed by atoms with Crippen LogP contribution in [0.25, 0.3) is 0 Å². The van der Waals surface area contributed by atoms with Crippen LogP contribution in [0.3, 0.4) is 0 Å². The second-order valence-corrected chi connectivity index (χ2v) is 5.89. The van der Waals surface area contributed by atoms with E-state index < -0.39 is 23.7 Å². The standard InChI is InChI=1S/C16H19F3N2O/c1-11-9-15(10-11,16(17,18)19)21-14(22)8-13(20)7-12-5-3-2-4-6-12/h2-6,13H,1,7-10,20H2,(H,21,22). The van der Waals surface area contributed by atoms with Crippen molar-refractivity contribution in [3.05, 3.63) is 48.0 Å². The number of hydrogen-bond acceptors (Lipinski definition) is 2. The summed E-state index contributed by atoms with van der Waals surface area (Å²) in [5.74, 6) is -0.673. The summed E-state index contributed by atoms with van der Waals surface area (Å²) >= 11 is 0. The van der Waals surface area contributed by atoms with Crippen LogP contribution in [0.5, 0.6) is 0 Å². The highest BCUT2D eigenvalue weighted by atomic mass is 19.4. The van der Waals surface area contributed by atoms with Crippen molar-refractivity contribution in [2.24, 2.45) is 5.73 Å². The topological polar surface area (TPSA) is 55.1 Å². The Morgan fingerprint density at radius 1 is 1.32 bits per heavy atom. The number of nitrogens with one attached hydrogen (secondary N) is 1. The van der Waals surface area contributed by atoms with Gasteiger partial charge in [0.1, 0.15) is 5.54 Å². The fourth-order valence-corrected chi connectivity index (χ4v) is 2.71. The van der Waals surface area contributed by atoms with Crippen LogP contribution in [0, 0.1) is 0 Å². The van der Waals surface area contributed by atoms with E-state index in [2.05, 4.69) is 11.9 Å². The van der Waals surface area contributed by atoms with E-state index >= 15 is 0 Å². The van der Waals surface area contributed by atoms with Gasteiger partial charge in [0.15, 0.2) is 0 Å². The average Bonchev–Trinajstić information content (AvgIpc) is 2.36. The SMILES string of the molecule is C=C1CC(NC(=O)CC(N)Cc2ccccc2)(C(F)(F)F)C1. The predicted octanol–water partition coefficient (Wildman–Crippen LogP) is 2.71. The van der Waals surface area contributed by atoms with Crippen LogP contribution in [-0.2, 0) is 11.2 Å². The molecule has 3 N–H and O–H groups in total. The Hall–Kier alpha value is -1.82. The van der Waals surface area contributed by atoms with Crippen molar-refractivity contribution in [1.29, 1.82) is 0 Å². The summed E-state index contributed by atoms with van der Waals surface area (Å²) in [7, 11) is 0. The molecule has 1 amide bonds. The Kier molecular flexibility index (Phi) is 4.60. The van der Waals surface area contributed by atoms with Crippen molar-refractivity contribution in [2.75, 3.05) is 0 Å². The summed E-state index contributed by atoms with van der Waals surface area (Å²) in [4.78, 5) is 11.9. The van der Waals surface area contributed by atoms with Gasteiger partial charge in [-0.05, 0) is 12.0 Å². The first-order valence-electron chi connectivity index (χ1n) is 7.06. The second kappa shape index (κ2) is 6.12. The van der Waals surface area contributed by atoms with Gasteiger partial charge in [0.25, 0.3) is 0 Å². The normalized spacial score (nSPS) is 18.5. The number of alkyl halides is 3. The molecule has 1 saturated carbocycles. The Morgan fingerprint density at radius 2 is 1.91 bits per heavy atom. The fraction of sp³-hybridized carbons (Fsp3) is 0.438. The van der Waals surface area contributed by atoms with E-state index in [-0.39, 0.29) is 19.3 Å². The monoisotopic (exact) mass is 312 g/mol. The fourth-order valence-electron chi connectivity index (χ4n) is 2.71. The molecule has 1 fully saturated rings. The molecule has 2 rings (SSSR count). The van der Waals surface area contributed by atoms with Crippen molar-refractivity contribution in [3.8, 4) is 0 Å². The first-order valence-corrected chi connectivity index (χ1v) is 7.06. The van der Waals surface area contributed by atoms with E-state index in [9.17, 15) is 18.0 Å². The smallest absolute Gasteiger partial charge is 0.341 e. The third-order valence-electron chi connectivity index (χ3n) is 3.81. The maximum absolute atomic E-state index is 13.1. The van der Waals surface area contributed by atoms with E-state index in [1.165, 1.54) is 0 Å². The Labute approximate surface area is 127 Å². The lowest BCUT2D eigenvalue weighted by Crippen LogP contribution is -2.64. The van der Waals surface area contributed by atoms with Crippen LogP contribution in [0.1, 0.15) is 24.8 Å². The molecule has 6 heteroatoms. The van der Waals surface area contributed by atoms with Gasteiger partial charge in [-0.1, -0.05) is 42.5 Å². The Morgan fingerprint density at radius 3 is 2.41 bits per heavy atom. The molecule has 0 aliphatic heterocycles. The third-order valence-corrected chi connectivity index (χ3v) is 3.81. The van der Waals surface area contributed by atoms with Gasteiger partial charge in [-0.15, -0.1) is 0 Å². The van der Waals surface area contributed by atoms with Crippen molar-refractivity contribution in [2.45, 2.75) is 43.4 Å². The molecule has 0 aromatic heterocycles. The van der Waals surface area contributed by atoms with Gasteiger partial charge >= 0.3 is 6.18 Å². The molecule has 1 aromatic rings. The Bertz CT molecular complexity index is 546. The van der Waals surface area contributed by atoms with E-state index in [0.29, 0.717) is 12.0 Å². The zero-order valence-electron chi connectivity index (χ0n) is 12.1. The number of carbonyl (C=O) groups is 1. The number of hydrogen-bond donors (Lipinski definition) is 2. The molecule has 0 heterocycles. The third kappa shape index (κ3) is 3.68. The molecule has 0 bridgehead atoms. The molecule has 1 aliphatic rings. The summed E-state index contributed by atoms with van der Waals surface area (Å²) in [6.07, 6.45) is -4.68. The number of amides is 1. The van der Waals surface area contributed by atoms with Gasteiger partial charge in [0, 0.05) is 25.3 Å². The molecule has 0 saturated heterocycles. The van der Waals surface area contributed by atoms with Crippen molar-refractivity contribution in [1.82, 2.24) is 5.32 Å². The van der Waals surface area contributed by atoms with Crippen molar-refractivity contribution < 1.29 is 18.0 Å². The maximum Gasteiger partial charge on any atom is 0.412 e. The van der Waals surface area contributed by atoms with Crippen LogP contribution in [0.15, 0.2) is 42.5 Å². The molecule has 1 aliphatic carbocycles. The molecular weight excluding hydrogens is 293 g/mol. The molecule has 0 spiro atoms. The van der Waals surface area contributed by atoms with Crippen LogP contribution >= 0.6 is 0 Å². The van der Waals surface area contributed by atoms with E-state index in [4.69, 9.17) is 5.73 Å². The minimum Gasteiger partial charge on any atom is -0.341 e. The molecular formula is C16H19F3N2O. The highest BCUT2D eigenvalue weighted by Gasteiger charge is 2.60. The van der Waals surface area contributed by atoms with Gasteiger partial charge < -0.3 is 11.1 Å². The summed E-state index contributed by atoms with van der Waals surface area (Å²) in [5.41, 5.74) is 5.14. The minimum absolute atomic E-state index is 0.140. The summed E-state index contributed by atoms with van der Waals surface area (Å²) in [5, 5.41) is 2.11. The summed E-state index contributed by atoms with van der Waals surface area (Å²) < 4.78 is 39.3. The first kappa shape index (κ1) is 16.5. The van der Waals surface area contributed by atoms with Crippen LogP contribution in [0.2, 0.25) is 0 Å². The molecule has 120 valence electrons. The predicted molar refractivity (Wildman–Crippen MR) is 78.0 cm³/mol. The molecule has 1 aromatic carbocycles. The second-order valence-electron chi connectivity index (χ2n) is 5.89. The van der Waals surface area contributed by atoms with E-state index in [1.54, 1.807) is 0 Å². The van der Waals surface area contributed by atoms with Gasteiger partial charge in [0.2, 0.25) is 5.91 Å². The zero-order chi connectivity index (χ0) is 16.4. The molecule has 1 unspecified atom stereocenters. The van der Waals surface area contributed by atoms with Crippen LogP contribution < -0.4 is 11.1 Å². The molecule has 0 radical (unpaired) electrons. The quantitative estimate of drug-likeness (QED) is 0.821. The number of rotatable bonds is 5. The van der Waals surface area contributed by atoms with Crippen molar-refractivity contribution in [3.63, 3.8) is 0 Å². The molecule has 3 nitrogen and oxygen atoms in total. The van der Waals surface area contributed by atoms with Crippen LogP contribution in [-0.4, -0.2) is 23.7 Å². The number of halogens is 3. The number of nitrogens with two attached hydrogens (primary N) is 1. The van der Waals surface area contributed by atoms with E-state index in [1.807, 2.05) is 30.3 Å². The summed E-state index contributed by atoms with van der Waals surface area (Å²) in [6, 6.07) is 8.77. The van der Waals surface area contributed by atoms with E-state index in [0.717, 1.165) is 5.56 Å². The van der Waals surface area contributed by atoms with Gasteiger partial charge in [-0.2, -0.15) is 13.2 Å². The lowest BCUT2D eigenvalue weighted by Gasteiger charge is -2.45. The maximum atomic E-state index is 13.1.